The summed E-state index contributed by atoms with van der Waals surface area (Å²) in [5.74, 6) is -1.24. The van der Waals surface area contributed by atoms with Crippen molar-refractivity contribution in [1.82, 2.24) is 15.5 Å². The Hall–Kier alpha value is -2.70. The quantitative estimate of drug-likeness (QED) is 0.253. The molecule has 2 heterocycles. The van der Waals surface area contributed by atoms with Crippen molar-refractivity contribution in [2.45, 2.75) is 95.5 Å². The van der Waals surface area contributed by atoms with Crippen LogP contribution in [0.15, 0.2) is 11.6 Å². The fraction of sp³-hybridized carbons (Fsp3) is 0.812. The van der Waals surface area contributed by atoms with Crippen molar-refractivity contribution in [1.29, 1.82) is 0 Å². The topological polar surface area (TPSA) is 164 Å². The van der Waals surface area contributed by atoms with Gasteiger partial charge in [-0.3, -0.25) is 9.59 Å². The molecule has 0 radical (unpaired) electrons. The number of hydrogen-bond donors (Lipinski definition) is 4. The fourth-order valence-corrected chi connectivity index (χ4v) is 10.2. The lowest BCUT2D eigenvalue weighted by Crippen LogP contribution is -2.67. The number of amides is 2. The second kappa shape index (κ2) is 11.3. The zero-order valence-corrected chi connectivity index (χ0v) is 26.1. The van der Waals surface area contributed by atoms with Crippen LogP contribution in [0.4, 0.5) is 4.79 Å². The van der Waals surface area contributed by atoms with Gasteiger partial charge in [-0.05, 0) is 61.3 Å². The first-order valence-corrected chi connectivity index (χ1v) is 16.2. The van der Waals surface area contributed by atoms with Gasteiger partial charge in [-0.1, -0.05) is 13.8 Å². The first-order chi connectivity index (χ1) is 20.8. The maximum absolute atomic E-state index is 12.7. The Morgan fingerprint density at radius 2 is 1.82 bits per heavy atom. The molecule has 0 aromatic heterocycles. The zero-order valence-electron chi connectivity index (χ0n) is 26.1. The van der Waals surface area contributed by atoms with Crippen LogP contribution in [0, 0.1) is 28.6 Å². The predicted molar refractivity (Wildman–Crippen MR) is 156 cm³/mol. The molecule has 6 rings (SSSR count). The number of piperazine rings is 1. The molecule has 12 nitrogen and oxygen atoms in total. The van der Waals surface area contributed by atoms with Crippen LogP contribution in [-0.2, 0) is 28.6 Å². The second-order valence-electron chi connectivity index (χ2n) is 14.5. The van der Waals surface area contributed by atoms with E-state index in [4.69, 9.17) is 14.2 Å². The van der Waals surface area contributed by atoms with Gasteiger partial charge in [0.05, 0.1) is 17.7 Å². The van der Waals surface area contributed by atoms with E-state index in [0.717, 1.165) is 18.5 Å². The number of rotatable bonds is 6. The molecule has 0 unspecified atom stereocenters. The van der Waals surface area contributed by atoms with Gasteiger partial charge in [-0.15, -0.1) is 0 Å². The number of carbonyl (C=O) groups excluding carboxylic acids is 4. The van der Waals surface area contributed by atoms with E-state index in [9.17, 15) is 29.4 Å². The molecule has 4 aliphatic carbocycles. The molecule has 244 valence electrons. The molecule has 9 atom stereocenters. The number of fused-ring (bicyclic) bond motifs is 5. The SMILES string of the molecule is CC(=O)O[C@H]1C[C@]2(O)[C@@H]3CC[C@]4(O)C[C@@H](OC(=O)NCCN5CCNCC5=O)CC[C@]4(C)[C@H]3CC[C@]2(C)[C@H]1C1=CC(=O)OC1. The van der Waals surface area contributed by atoms with Crippen LogP contribution in [0.2, 0.25) is 0 Å². The second-order valence-corrected chi connectivity index (χ2v) is 14.5. The summed E-state index contributed by atoms with van der Waals surface area (Å²) in [6, 6.07) is 0. The standard InChI is InChI=1S/C32H47N3O9/c1-19(36)43-24-16-32(41)23-6-9-31(40)15-21(44-28(39)34-11-13-35-12-10-33-17-25(35)37)4-7-29(31,2)22(23)5-8-30(32,3)27(24)20-14-26(38)42-18-20/h14,21-24,27,33,40-41H,4-13,15-18H2,1-3H3,(H,34,39)/t21-,22-,23+,24-,27-,29+,30+,31-,32-/m0/s1. The van der Waals surface area contributed by atoms with E-state index in [1.54, 1.807) is 4.90 Å². The van der Waals surface area contributed by atoms with E-state index < -0.39 is 52.3 Å². The Kier molecular flexibility index (Phi) is 8.02. The van der Waals surface area contributed by atoms with Crippen LogP contribution in [0.25, 0.3) is 0 Å². The van der Waals surface area contributed by atoms with Gasteiger partial charge in [0.25, 0.3) is 0 Å². The first kappa shape index (κ1) is 31.3. The highest BCUT2D eigenvalue weighted by molar-refractivity contribution is 5.85. The Bertz CT molecular complexity index is 1240. The number of hydrogen-bond acceptors (Lipinski definition) is 10. The number of nitrogens with zero attached hydrogens (tertiary/aromatic N) is 1. The van der Waals surface area contributed by atoms with Gasteiger partial charge in [-0.2, -0.15) is 0 Å². The highest BCUT2D eigenvalue weighted by atomic mass is 16.6. The van der Waals surface area contributed by atoms with Crippen LogP contribution >= 0.6 is 0 Å². The minimum Gasteiger partial charge on any atom is -0.462 e. The van der Waals surface area contributed by atoms with Crippen LogP contribution in [-0.4, -0.2) is 102 Å². The molecule has 4 saturated carbocycles. The number of aliphatic hydroxyl groups is 2. The third-order valence-electron chi connectivity index (χ3n) is 12.4. The van der Waals surface area contributed by atoms with Crippen molar-refractivity contribution in [3.63, 3.8) is 0 Å². The largest absolute Gasteiger partial charge is 0.462 e. The monoisotopic (exact) mass is 617 g/mol. The van der Waals surface area contributed by atoms with E-state index in [2.05, 4.69) is 24.5 Å². The molecule has 5 fully saturated rings. The van der Waals surface area contributed by atoms with Gasteiger partial charge < -0.3 is 40.0 Å². The van der Waals surface area contributed by atoms with Gasteiger partial charge in [-0.25, -0.2) is 9.59 Å². The maximum atomic E-state index is 12.7. The summed E-state index contributed by atoms with van der Waals surface area (Å²) in [6.07, 6.45) is 4.30. The van der Waals surface area contributed by atoms with E-state index in [1.807, 2.05) is 0 Å². The van der Waals surface area contributed by atoms with Crippen LogP contribution < -0.4 is 10.6 Å². The summed E-state index contributed by atoms with van der Waals surface area (Å²) in [5.41, 5.74) is -2.57. The summed E-state index contributed by atoms with van der Waals surface area (Å²) in [6.45, 7) is 8.07. The van der Waals surface area contributed by atoms with Gasteiger partial charge in [0.15, 0.2) is 0 Å². The number of carbonyl (C=O) groups is 4. The zero-order chi connectivity index (χ0) is 31.5. The third-order valence-corrected chi connectivity index (χ3v) is 12.4. The Labute approximate surface area is 258 Å². The highest BCUT2D eigenvalue weighted by Crippen LogP contribution is 2.71. The number of cyclic esters (lactones) is 1. The molecule has 0 spiro atoms. The average molecular weight is 618 g/mol. The lowest BCUT2D eigenvalue weighted by atomic mass is 9.42. The van der Waals surface area contributed by atoms with E-state index in [1.165, 1.54) is 13.0 Å². The molecule has 6 aliphatic rings. The van der Waals surface area contributed by atoms with Crippen LogP contribution in [0.1, 0.15) is 72.1 Å². The van der Waals surface area contributed by atoms with Gasteiger partial charge >= 0.3 is 18.0 Å². The molecular formula is C32H47N3O9. The number of esters is 2. The predicted octanol–water partition coefficient (Wildman–Crippen LogP) is 1.43. The van der Waals surface area contributed by atoms with Crippen LogP contribution in [0.3, 0.4) is 0 Å². The van der Waals surface area contributed by atoms with Crippen molar-refractivity contribution < 1.29 is 43.6 Å². The number of ether oxygens (including phenoxy) is 3. The Balaban J connectivity index is 1.14. The summed E-state index contributed by atoms with van der Waals surface area (Å²) < 4.78 is 16.8. The van der Waals surface area contributed by atoms with Crippen molar-refractivity contribution in [3.8, 4) is 0 Å². The van der Waals surface area contributed by atoms with Crippen molar-refractivity contribution in [2.24, 2.45) is 28.6 Å². The Morgan fingerprint density at radius 3 is 2.52 bits per heavy atom. The summed E-state index contributed by atoms with van der Waals surface area (Å²) in [4.78, 5) is 50.5. The van der Waals surface area contributed by atoms with E-state index in [-0.39, 0.29) is 36.7 Å². The first-order valence-electron chi connectivity index (χ1n) is 16.2. The maximum Gasteiger partial charge on any atom is 0.407 e. The van der Waals surface area contributed by atoms with Crippen molar-refractivity contribution in [3.05, 3.63) is 11.6 Å². The molecule has 4 N–H and O–H groups in total. The molecule has 1 saturated heterocycles. The van der Waals surface area contributed by atoms with Crippen molar-refractivity contribution in [2.75, 3.05) is 39.3 Å². The molecule has 0 bridgehead atoms. The molecule has 0 aromatic carbocycles. The summed E-state index contributed by atoms with van der Waals surface area (Å²) in [5, 5.41) is 30.6. The molecule has 44 heavy (non-hydrogen) atoms. The summed E-state index contributed by atoms with van der Waals surface area (Å²) in [7, 11) is 0. The fourth-order valence-electron chi connectivity index (χ4n) is 10.2. The average Bonchev–Trinajstić information content (AvgIpc) is 3.46. The number of alkyl carbamates (subject to hydrolysis) is 1. The van der Waals surface area contributed by atoms with E-state index >= 15 is 0 Å². The minimum atomic E-state index is -1.16. The van der Waals surface area contributed by atoms with Crippen molar-refractivity contribution >= 4 is 23.9 Å². The summed E-state index contributed by atoms with van der Waals surface area (Å²) >= 11 is 0. The lowest BCUT2D eigenvalue weighted by molar-refractivity contribution is -0.254. The highest BCUT2D eigenvalue weighted by Gasteiger charge is 2.72. The molecule has 2 aliphatic heterocycles. The van der Waals surface area contributed by atoms with Gasteiger partial charge in [0, 0.05) is 63.4 Å². The molecule has 2 amide bonds. The minimum absolute atomic E-state index is 0.0123. The molecule has 12 heteroatoms. The smallest absolute Gasteiger partial charge is 0.407 e. The molecular weight excluding hydrogens is 570 g/mol. The normalized spacial score (nSPS) is 43.2. The van der Waals surface area contributed by atoms with Gasteiger partial charge in [0.1, 0.15) is 18.8 Å². The van der Waals surface area contributed by atoms with Gasteiger partial charge in [0.2, 0.25) is 5.91 Å². The Morgan fingerprint density at radius 1 is 1.07 bits per heavy atom. The number of nitrogens with one attached hydrogen (secondary N) is 2. The van der Waals surface area contributed by atoms with Crippen LogP contribution in [0.5, 0.6) is 0 Å². The molecule has 0 aromatic rings. The van der Waals surface area contributed by atoms with E-state index in [0.29, 0.717) is 64.7 Å². The third kappa shape index (κ3) is 5.01. The lowest BCUT2D eigenvalue weighted by Gasteiger charge is -2.66.